The van der Waals surface area contributed by atoms with Gasteiger partial charge >= 0.3 is 0 Å². The van der Waals surface area contributed by atoms with Crippen LogP contribution in [0.2, 0.25) is 5.02 Å². The van der Waals surface area contributed by atoms with Crippen LogP contribution in [0.3, 0.4) is 0 Å². The summed E-state index contributed by atoms with van der Waals surface area (Å²) in [7, 11) is 1.84. The lowest BCUT2D eigenvalue weighted by atomic mass is 10.0. The highest BCUT2D eigenvalue weighted by Gasteiger charge is 2.22. The maximum atomic E-state index is 12.9. The van der Waals surface area contributed by atoms with E-state index in [0.29, 0.717) is 29.7 Å². The third kappa shape index (κ3) is 4.46. The van der Waals surface area contributed by atoms with Crippen LogP contribution in [0, 0.1) is 12.8 Å². The summed E-state index contributed by atoms with van der Waals surface area (Å²) >= 11 is 5.96. The van der Waals surface area contributed by atoms with Crippen LogP contribution < -0.4 is 9.64 Å². The molecule has 1 saturated carbocycles. The van der Waals surface area contributed by atoms with Crippen LogP contribution in [-0.4, -0.2) is 22.3 Å². The number of ether oxygens (including phenoxy) is 1. The number of pyridine rings is 1. The molecule has 0 radical (unpaired) electrons. The Morgan fingerprint density at radius 2 is 1.97 bits per heavy atom. The minimum Gasteiger partial charge on any atom is -0.485 e. The number of halogens is 1. The highest BCUT2D eigenvalue weighted by Crippen LogP contribution is 2.31. The largest absolute Gasteiger partial charge is 0.485 e. The molecule has 1 aliphatic carbocycles. The van der Waals surface area contributed by atoms with Gasteiger partial charge in [0.15, 0.2) is 11.4 Å². The third-order valence-corrected chi connectivity index (χ3v) is 6.25. The number of rotatable bonds is 7. The number of benzene rings is 1. The summed E-state index contributed by atoms with van der Waals surface area (Å²) < 4.78 is 7.98. The zero-order chi connectivity index (χ0) is 21.1. The quantitative estimate of drug-likeness (QED) is 0.480. The minimum absolute atomic E-state index is 0.138. The molecule has 1 amide bonds. The van der Waals surface area contributed by atoms with E-state index in [1.54, 1.807) is 4.90 Å². The number of imidazole rings is 1. The van der Waals surface area contributed by atoms with Crippen LogP contribution in [0.15, 0.2) is 42.6 Å². The Morgan fingerprint density at radius 3 is 2.70 bits per heavy atom. The van der Waals surface area contributed by atoms with Crippen molar-refractivity contribution in [2.24, 2.45) is 5.92 Å². The fourth-order valence-corrected chi connectivity index (χ4v) is 4.44. The van der Waals surface area contributed by atoms with Crippen molar-refractivity contribution in [3.05, 3.63) is 58.9 Å². The van der Waals surface area contributed by atoms with Crippen LogP contribution in [0.4, 0.5) is 5.82 Å². The number of nitrogens with zero attached hydrogens (tertiary/aromatic N) is 3. The van der Waals surface area contributed by atoms with E-state index in [2.05, 4.69) is 0 Å². The number of amides is 1. The number of carbonyl (C=O) groups excluding carboxylic acids is 1. The van der Waals surface area contributed by atoms with Gasteiger partial charge in [0.2, 0.25) is 5.91 Å². The van der Waals surface area contributed by atoms with Crippen LogP contribution in [-0.2, 0) is 11.4 Å². The summed E-state index contributed by atoms with van der Waals surface area (Å²) in [4.78, 5) is 19.3. The molecule has 0 atom stereocenters. The van der Waals surface area contributed by atoms with E-state index >= 15 is 0 Å². The van der Waals surface area contributed by atoms with Crippen molar-refractivity contribution in [3.63, 3.8) is 0 Å². The number of carbonyl (C=O) groups is 1. The van der Waals surface area contributed by atoms with Crippen molar-refractivity contribution in [3.8, 4) is 5.75 Å². The minimum atomic E-state index is 0.138. The molecule has 0 aliphatic heterocycles. The first-order valence-electron chi connectivity index (χ1n) is 10.6. The molecule has 0 N–H and O–H groups in total. The molecule has 2 heterocycles. The maximum Gasteiger partial charge on any atom is 0.227 e. The standard InChI is InChI=1S/C24H28ClN3O2/c1-17-24(27(2)22(29)14-11-18-6-3-4-7-18)28-15-5-8-21(23(28)26-17)30-16-19-9-12-20(25)13-10-19/h5,8-10,12-13,15,18H,3-4,6-7,11,14,16H2,1-2H3. The topological polar surface area (TPSA) is 46.8 Å². The lowest BCUT2D eigenvalue weighted by molar-refractivity contribution is -0.118. The van der Waals surface area contributed by atoms with Crippen molar-refractivity contribution in [2.45, 2.75) is 52.1 Å². The fourth-order valence-electron chi connectivity index (χ4n) is 4.31. The molecule has 0 spiro atoms. The van der Waals surface area contributed by atoms with Crippen LogP contribution in [0.25, 0.3) is 5.65 Å². The normalized spacial score (nSPS) is 14.4. The highest BCUT2D eigenvalue weighted by molar-refractivity contribution is 6.30. The SMILES string of the molecule is Cc1nc2c(OCc3ccc(Cl)cc3)cccn2c1N(C)C(=O)CCC1CCCC1. The number of aromatic nitrogens is 2. The smallest absolute Gasteiger partial charge is 0.227 e. The first kappa shape index (κ1) is 20.7. The van der Waals surface area contributed by atoms with Crippen molar-refractivity contribution in [1.82, 2.24) is 9.38 Å². The predicted octanol–water partition coefficient (Wildman–Crippen LogP) is 5.81. The van der Waals surface area contributed by atoms with Gasteiger partial charge in [0.05, 0.1) is 5.69 Å². The van der Waals surface area contributed by atoms with Crippen molar-refractivity contribution >= 4 is 29.0 Å². The highest BCUT2D eigenvalue weighted by atomic mass is 35.5. The molecule has 1 aromatic carbocycles. The zero-order valence-corrected chi connectivity index (χ0v) is 18.4. The third-order valence-electron chi connectivity index (χ3n) is 6.00. The Bertz CT molecular complexity index is 1020. The Kier molecular flexibility index (Phi) is 6.28. The summed E-state index contributed by atoms with van der Waals surface area (Å²) in [6.45, 7) is 2.36. The van der Waals surface area contributed by atoms with Crippen LogP contribution in [0.5, 0.6) is 5.75 Å². The van der Waals surface area contributed by atoms with E-state index in [0.717, 1.165) is 29.1 Å². The van der Waals surface area contributed by atoms with Gasteiger partial charge in [0, 0.05) is 24.7 Å². The molecule has 6 heteroatoms. The van der Waals surface area contributed by atoms with Gasteiger partial charge in [0.1, 0.15) is 12.4 Å². The zero-order valence-electron chi connectivity index (χ0n) is 17.6. The summed E-state index contributed by atoms with van der Waals surface area (Å²) in [5, 5.41) is 0.704. The summed E-state index contributed by atoms with van der Waals surface area (Å²) in [5.41, 5.74) is 2.56. The van der Waals surface area contributed by atoms with Crippen LogP contribution in [0.1, 0.15) is 49.8 Å². The number of fused-ring (bicyclic) bond motifs is 1. The van der Waals surface area contributed by atoms with Crippen molar-refractivity contribution < 1.29 is 9.53 Å². The predicted molar refractivity (Wildman–Crippen MR) is 120 cm³/mol. The Balaban J connectivity index is 1.51. The summed E-state index contributed by atoms with van der Waals surface area (Å²) in [6.07, 6.45) is 8.63. The first-order chi connectivity index (χ1) is 14.5. The molecule has 5 nitrogen and oxygen atoms in total. The molecule has 30 heavy (non-hydrogen) atoms. The molecule has 3 aromatic rings. The van der Waals surface area contributed by atoms with E-state index in [9.17, 15) is 4.79 Å². The number of hydrogen-bond donors (Lipinski definition) is 0. The van der Waals surface area contributed by atoms with Gasteiger partial charge in [-0.25, -0.2) is 4.98 Å². The molecule has 4 rings (SSSR count). The van der Waals surface area contributed by atoms with Crippen molar-refractivity contribution in [2.75, 3.05) is 11.9 Å². The second-order valence-electron chi connectivity index (χ2n) is 8.14. The fraction of sp³-hybridized carbons (Fsp3) is 0.417. The molecule has 1 fully saturated rings. The van der Waals surface area contributed by atoms with E-state index in [-0.39, 0.29) is 5.91 Å². The summed E-state index contributed by atoms with van der Waals surface area (Å²) in [6, 6.07) is 11.4. The Hall–Kier alpha value is -2.53. The lowest BCUT2D eigenvalue weighted by Gasteiger charge is -2.19. The molecular formula is C24H28ClN3O2. The number of anilines is 1. The second kappa shape index (κ2) is 9.09. The van der Waals surface area contributed by atoms with Gasteiger partial charge in [-0.3, -0.25) is 14.1 Å². The number of aryl methyl sites for hydroxylation is 1. The molecule has 158 valence electrons. The average molecular weight is 426 g/mol. The molecule has 2 aromatic heterocycles. The van der Waals surface area contributed by atoms with E-state index < -0.39 is 0 Å². The summed E-state index contributed by atoms with van der Waals surface area (Å²) in [5.74, 6) is 2.34. The van der Waals surface area contributed by atoms with Gasteiger partial charge < -0.3 is 4.74 Å². The number of hydrogen-bond acceptors (Lipinski definition) is 3. The van der Waals surface area contributed by atoms with E-state index in [4.69, 9.17) is 21.3 Å². The molecule has 0 bridgehead atoms. The second-order valence-corrected chi connectivity index (χ2v) is 8.58. The van der Waals surface area contributed by atoms with E-state index in [1.165, 1.54) is 25.7 Å². The van der Waals surface area contributed by atoms with E-state index in [1.807, 2.05) is 61.0 Å². The van der Waals surface area contributed by atoms with Gasteiger partial charge in [-0.1, -0.05) is 49.4 Å². The molecule has 0 saturated heterocycles. The van der Waals surface area contributed by atoms with Gasteiger partial charge in [-0.15, -0.1) is 0 Å². The Labute approximate surface area is 182 Å². The monoisotopic (exact) mass is 425 g/mol. The first-order valence-corrected chi connectivity index (χ1v) is 11.0. The van der Waals surface area contributed by atoms with Crippen LogP contribution >= 0.6 is 11.6 Å². The average Bonchev–Trinajstić information content (AvgIpc) is 3.38. The molecule has 0 unspecified atom stereocenters. The van der Waals surface area contributed by atoms with Crippen molar-refractivity contribution in [1.29, 1.82) is 0 Å². The van der Waals surface area contributed by atoms with Gasteiger partial charge in [-0.05, 0) is 49.1 Å². The van der Waals surface area contributed by atoms with Gasteiger partial charge in [0.25, 0.3) is 0 Å². The Morgan fingerprint density at radius 1 is 1.23 bits per heavy atom. The lowest BCUT2D eigenvalue weighted by Crippen LogP contribution is -2.28. The van der Waals surface area contributed by atoms with Gasteiger partial charge in [-0.2, -0.15) is 0 Å². The molecular weight excluding hydrogens is 398 g/mol. The maximum absolute atomic E-state index is 12.9. The molecule has 1 aliphatic rings.